The smallest absolute Gasteiger partial charge is 0.249 e. The van der Waals surface area contributed by atoms with Crippen LogP contribution in [-0.2, 0) is 4.79 Å². The number of piperidine rings is 1. The summed E-state index contributed by atoms with van der Waals surface area (Å²) in [5.41, 5.74) is 4.53. The predicted octanol–water partition coefficient (Wildman–Crippen LogP) is 3.89. The lowest BCUT2D eigenvalue weighted by molar-refractivity contribution is -0.128. The number of rotatable bonds is 3. The van der Waals surface area contributed by atoms with E-state index in [-0.39, 0.29) is 5.91 Å². The first-order chi connectivity index (χ1) is 11.8. The van der Waals surface area contributed by atoms with Crippen LogP contribution < -0.4 is 0 Å². The number of hydrogen-bond acceptors (Lipinski definition) is 2. The molecule has 4 heteroatoms. The normalized spacial score (nSPS) is 20.9. The molecule has 1 atom stereocenters. The lowest BCUT2D eigenvalue weighted by Gasteiger charge is -2.33. The molecule has 1 amide bonds. The molecule has 24 heavy (non-hydrogen) atoms. The summed E-state index contributed by atoms with van der Waals surface area (Å²) in [7, 11) is 0. The Bertz CT molecular complexity index is 747. The highest BCUT2D eigenvalue weighted by Crippen LogP contribution is 2.33. The molecule has 0 unspecified atom stereocenters. The molecular weight excluding hydrogens is 298 g/mol. The minimum atomic E-state index is 0.248. The Hall–Kier alpha value is -2.36. The van der Waals surface area contributed by atoms with Gasteiger partial charge in [0, 0.05) is 35.8 Å². The van der Waals surface area contributed by atoms with Gasteiger partial charge in [-0.3, -0.25) is 9.89 Å². The summed E-state index contributed by atoms with van der Waals surface area (Å²) in [6, 6.07) is 10.4. The molecule has 1 aromatic carbocycles. The highest BCUT2D eigenvalue weighted by molar-refractivity contribution is 5.94. The Morgan fingerprint density at radius 1 is 1.21 bits per heavy atom. The number of H-pyrrole nitrogens is 1. The molecular formula is C20H23N3O. The Labute approximate surface area is 142 Å². The molecule has 1 aromatic heterocycles. The molecule has 4 rings (SSSR count). The van der Waals surface area contributed by atoms with E-state index in [1.165, 1.54) is 11.3 Å². The van der Waals surface area contributed by atoms with Gasteiger partial charge in [-0.25, -0.2) is 0 Å². The van der Waals surface area contributed by atoms with Gasteiger partial charge in [-0.05, 0) is 37.7 Å². The average Bonchev–Trinajstić information content (AvgIpc) is 3.34. The van der Waals surface area contributed by atoms with Crippen molar-refractivity contribution in [2.45, 2.75) is 38.0 Å². The number of nitrogens with zero attached hydrogens (tertiary/aromatic N) is 2. The van der Waals surface area contributed by atoms with Crippen LogP contribution in [0.15, 0.2) is 48.2 Å². The standard InChI is InChI=1S/C20H23N3O/c24-20(16-9-4-5-10-16)23-12-6-11-17(14-23)19-18(13-21-22-19)15-7-2-1-3-8-15/h1-3,7-9,13,17H,4-6,10-12,14H2,(H,21,22)/t17-/m1/s1. The number of nitrogens with one attached hydrogen (secondary N) is 1. The number of hydrogen-bond donors (Lipinski definition) is 1. The second kappa shape index (κ2) is 6.63. The van der Waals surface area contributed by atoms with E-state index in [1.54, 1.807) is 0 Å². The molecule has 0 radical (unpaired) electrons. The van der Waals surface area contributed by atoms with Crippen molar-refractivity contribution in [3.8, 4) is 11.1 Å². The van der Waals surface area contributed by atoms with Gasteiger partial charge < -0.3 is 4.90 Å². The summed E-state index contributed by atoms with van der Waals surface area (Å²) in [5, 5.41) is 7.48. The second-order valence-electron chi connectivity index (χ2n) is 6.78. The maximum absolute atomic E-state index is 12.7. The van der Waals surface area contributed by atoms with Gasteiger partial charge in [-0.15, -0.1) is 0 Å². The summed E-state index contributed by atoms with van der Waals surface area (Å²) >= 11 is 0. The summed E-state index contributed by atoms with van der Waals surface area (Å²) < 4.78 is 0. The number of carbonyl (C=O) groups is 1. The lowest BCUT2D eigenvalue weighted by Crippen LogP contribution is -2.39. The van der Waals surface area contributed by atoms with Crippen LogP contribution in [-0.4, -0.2) is 34.1 Å². The molecule has 0 bridgehead atoms. The molecule has 1 saturated heterocycles. The first-order valence-corrected chi connectivity index (χ1v) is 8.90. The molecule has 0 saturated carbocycles. The van der Waals surface area contributed by atoms with E-state index in [2.05, 4.69) is 40.5 Å². The molecule has 1 aliphatic carbocycles. The number of carbonyl (C=O) groups excluding carboxylic acids is 1. The number of aromatic amines is 1. The van der Waals surface area contributed by atoms with Crippen LogP contribution in [0.1, 0.15) is 43.7 Å². The second-order valence-corrected chi connectivity index (χ2v) is 6.78. The van der Waals surface area contributed by atoms with Crippen molar-refractivity contribution in [3.63, 3.8) is 0 Å². The average molecular weight is 321 g/mol. The van der Waals surface area contributed by atoms with Gasteiger partial charge in [0.2, 0.25) is 5.91 Å². The van der Waals surface area contributed by atoms with Crippen LogP contribution in [0.3, 0.4) is 0 Å². The largest absolute Gasteiger partial charge is 0.338 e. The Kier molecular flexibility index (Phi) is 4.20. The fourth-order valence-electron chi connectivity index (χ4n) is 3.92. The number of likely N-dealkylation sites (tertiary alicyclic amines) is 1. The number of benzene rings is 1. The van der Waals surface area contributed by atoms with Crippen LogP contribution in [0.5, 0.6) is 0 Å². The van der Waals surface area contributed by atoms with Crippen molar-refractivity contribution in [1.82, 2.24) is 15.1 Å². The van der Waals surface area contributed by atoms with Gasteiger partial charge in [0.25, 0.3) is 0 Å². The van der Waals surface area contributed by atoms with Gasteiger partial charge in [0.15, 0.2) is 0 Å². The third-order valence-corrected chi connectivity index (χ3v) is 5.19. The molecule has 2 aliphatic rings. The quantitative estimate of drug-likeness (QED) is 0.932. The van der Waals surface area contributed by atoms with E-state index in [0.717, 1.165) is 56.3 Å². The first kappa shape index (κ1) is 15.2. The number of amides is 1. The molecule has 4 nitrogen and oxygen atoms in total. The highest BCUT2D eigenvalue weighted by atomic mass is 16.2. The van der Waals surface area contributed by atoms with Gasteiger partial charge in [-0.2, -0.15) is 5.10 Å². The SMILES string of the molecule is O=C(C1=CCCC1)N1CCC[C@@H](c2[nH]ncc2-c2ccccc2)C1. The molecule has 0 spiro atoms. The van der Waals surface area contributed by atoms with Crippen molar-refractivity contribution in [2.24, 2.45) is 0 Å². The zero-order valence-corrected chi connectivity index (χ0v) is 13.9. The lowest BCUT2D eigenvalue weighted by atomic mass is 9.90. The van der Waals surface area contributed by atoms with E-state index >= 15 is 0 Å². The van der Waals surface area contributed by atoms with Gasteiger partial charge in [0.05, 0.1) is 6.20 Å². The predicted molar refractivity (Wildman–Crippen MR) is 94.5 cm³/mol. The Balaban J connectivity index is 1.55. The number of allylic oxidation sites excluding steroid dienone is 1. The fraction of sp³-hybridized carbons (Fsp3) is 0.400. The van der Waals surface area contributed by atoms with Crippen molar-refractivity contribution in [2.75, 3.05) is 13.1 Å². The molecule has 1 aliphatic heterocycles. The Morgan fingerprint density at radius 3 is 2.88 bits per heavy atom. The minimum Gasteiger partial charge on any atom is -0.338 e. The third kappa shape index (κ3) is 2.88. The fourth-order valence-corrected chi connectivity index (χ4v) is 3.92. The van der Waals surface area contributed by atoms with Crippen LogP contribution >= 0.6 is 0 Å². The monoisotopic (exact) mass is 321 g/mol. The molecule has 124 valence electrons. The van der Waals surface area contributed by atoms with Gasteiger partial charge >= 0.3 is 0 Å². The van der Waals surface area contributed by atoms with E-state index < -0.39 is 0 Å². The molecule has 1 fully saturated rings. The topological polar surface area (TPSA) is 49.0 Å². The number of aromatic nitrogens is 2. The third-order valence-electron chi connectivity index (χ3n) is 5.19. The van der Waals surface area contributed by atoms with Crippen molar-refractivity contribution >= 4 is 5.91 Å². The van der Waals surface area contributed by atoms with Crippen molar-refractivity contribution in [1.29, 1.82) is 0 Å². The van der Waals surface area contributed by atoms with Crippen LogP contribution in [0, 0.1) is 0 Å². The summed E-state index contributed by atoms with van der Waals surface area (Å²) in [4.78, 5) is 14.7. The van der Waals surface area contributed by atoms with Crippen LogP contribution in [0.2, 0.25) is 0 Å². The van der Waals surface area contributed by atoms with Gasteiger partial charge in [0.1, 0.15) is 0 Å². The van der Waals surface area contributed by atoms with E-state index in [9.17, 15) is 4.79 Å². The Morgan fingerprint density at radius 2 is 2.08 bits per heavy atom. The highest BCUT2D eigenvalue weighted by Gasteiger charge is 2.29. The summed E-state index contributed by atoms with van der Waals surface area (Å²) in [6.07, 6.45) is 9.30. The molecule has 2 aromatic rings. The van der Waals surface area contributed by atoms with Gasteiger partial charge in [-0.1, -0.05) is 36.4 Å². The zero-order chi connectivity index (χ0) is 16.4. The summed E-state index contributed by atoms with van der Waals surface area (Å²) in [6.45, 7) is 1.67. The van der Waals surface area contributed by atoms with Crippen molar-refractivity contribution < 1.29 is 4.79 Å². The van der Waals surface area contributed by atoms with E-state index in [0.29, 0.717) is 5.92 Å². The molecule has 1 N–H and O–H groups in total. The van der Waals surface area contributed by atoms with E-state index in [1.807, 2.05) is 17.2 Å². The van der Waals surface area contributed by atoms with Crippen molar-refractivity contribution in [3.05, 3.63) is 53.9 Å². The minimum absolute atomic E-state index is 0.248. The summed E-state index contributed by atoms with van der Waals surface area (Å²) in [5.74, 6) is 0.584. The van der Waals surface area contributed by atoms with E-state index in [4.69, 9.17) is 0 Å². The first-order valence-electron chi connectivity index (χ1n) is 8.90. The maximum Gasteiger partial charge on any atom is 0.249 e. The van der Waals surface area contributed by atoms with Crippen LogP contribution in [0.4, 0.5) is 0 Å². The van der Waals surface area contributed by atoms with Crippen LogP contribution in [0.25, 0.3) is 11.1 Å². The maximum atomic E-state index is 12.7. The zero-order valence-electron chi connectivity index (χ0n) is 13.9. The molecule has 2 heterocycles.